The van der Waals surface area contributed by atoms with E-state index in [2.05, 4.69) is 5.32 Å². The molecule has 0 aliphatic heterocycles. The molecule has 1 amide bonds. The number of rotatable bonds is 3. The van der Waals surface area contributed by atoms with E-state index in [1.807, 2.05) is 25.1 Å². The summed E-state index contributed by atoms with van der Waals surface area (Å²) in [5, 5.41) is 4.08. The summed E-state index contributed by atoms with van der Waals surface area (Å²) in [6, 6.07) is 15.5. The van der Waals surface area contributed by atoms with Gasteiger partial charge < -0.3 is 9.73 Å². The molecule has 1 heterocycles. The van der Waals surface area contributed by atoms with Gasteiger partial charge in [0.25, 0.3) is 5.91 Å². The molecule has 0 saturated heterocycles. The molecule has 116 valence electrons. The maximum absolute atomic E-state index is 12.4. The Kier molecular flexibility index (Phi) is 4.17. The number of hydrogen-bond donors (Lipinski definition) is 1. The number of para-hydroxylation sites is 1. The number of benzene rings is 2. The van der Waals surface area contributed by atoms with Gasteiger partial charge in [-0.3, -0.25) is 4.79 Å². The fraction of sp³-hybridized carbons (Fsp3) is 0.111. The zero-order valence-electron chi connectivity index (χ0n) is 12.4. The molecule has 0 aliphatic carbocycles. The van der Waals surface area contributed by atoms with Gasteiger partial charge in [0, 0.05) is 10.4 Å². The van der Waals surface area contributed by atoms with Crippen LogP contribution in [0.25, 0.3) is 11.0 Å². The summed E-state index contributed by atoms with van der Waals surface area (Å²) < 4.78 is 5.18. The summed E-state index contributed by atoms with van der Waals surface area (Å²) in [6.45, 7) is 1.83. The predicted octanol–water partition coefficient (Wildman–Crippen LogP) is 3.94. The van der Waals surface area contributed by atoms with Crippen LogP contribution in [0.2, 0.25) is 5.02 Å². The number of hydrogen-bond acceptors (Lipinski definition) is 3. The first-order valence-electron chi connectivity index (χ1n) is 7.14. The lowest BCUT2D eigenvalue weighted by Crippen LogP contribution is -2.30. The Morgan fingerprint density at radius 3 is 2.70 bits per heavy atom. The number of nitrogens with one attached hydrogen (secondary N) is 1. The van der Waals surface area contributed by atoms with Crippen LogP contribution >= 0.6 is 11.6 Å². The van der Waals surface area contributed by atoms with E-state index in [4.69, 9.17) is 16.0 Å². The summed E-state index contributed by atoms with van der Waals surface area (Å²) in [5.41, 5.74) is 0.644. The van der Waals surface area contributed by atoms with Crippen molar-refractivity contribution >= 4 is 28.5 Å². The molecular weight excluding hydrogens is 314 g/mol. The van der Waals surface area contributed by atoms with E-state index in [9.17, 15) is 9.59 Å². The van der Waals surface area contributed by atoms with Crippen LogP contribution in [0.4, 0.5) is 0 Å². The molecular formula is C18H14ClNO3. The lowest BCUT2D eigenvalue weighted by Gasteiger charge is -2.14. The summed E-state index contributed by atoms with van der Waals surface area (Å²) in [6.07, 6.45) is 0. The van der Waals surface area contributed by atoms with Gasteiger partial charge in [0.15, 0.2) is 0 Å². The van der Waals surface area contributed by atoms with Gasteiger partial charge in [-0.1, -0.05) is 41.9 Å². The minimum atomic E-state index is -0.653. The topological polar surface area (TPSA) is 59.3 Å². The average molecular weight is 328 g/mol. The van der Waals surface area contributed by atoms with E-state index >= 15 is 0 Å². The van der Waals surface area contributed by atoms with Crippen molar-refractivity contribution in [3.05, 3.63) is 81.2 Å². The van der Waals surface area contributed by atoms with Gasteiger partial charge in [-0.2, -0.15) is 0 Å². The summed E-state index contributed by atoms with van der Waals surface area (Å²) >= 11 is 5.96. The van der Waals surface area contributed by atoms with Crippen LogP contribution < -0.4 is 10.9 Å². The molecule has 0 unspecified atom stereocenters. The normalized spacial score (nSPS) is 12.1. The van der Waals surface area contributed by atoms with Crippen molar-refractivity contribution < 1.29 is 9.21 Å². The number of fused-ring (bicyclic) bond motifs is 1. The van der Waals surface area contributed by atoms with Gasteiger partial charge in [-0.25, -0.2) is 4.79 Å². The van der Waals surface area contributed by atoms with E-state index in [1.54, 1.807) is 36.4 Å². The van der Waals surface area contributed by atoms with Crippen LogP contribution in [0.3, 0.4) is 0 Å². The van der Waals surface area contributed by atoms with E-state index in [0.29, 0.717) is 16.0 Å². The molecule has 0 saturated carbocycles. The standard InChI is InChI=1S/C18H14ClNO3/c1-11(12-6-4-7-14(19)9-12)20-17(21)15-10-13-5-2-3-8-16(13)23-18(15)22/h2-11H,1H3,(H,20,21)/t11-/m1/s1. The highest BCUT2D eigenvalue weighted by molar-refractivity contribution is 6.30. The van der Waals surface area contributed by atoms with E-state index in [0.717, 1.165) is 5.56 Å². The highest BCUT2D eigenvalue weighted by Gasteiger charge is 2.16. The van der Waals surface area contributed by atoms with Crippen molar-refractivity contribution in [3.8, 4) is 0 Å². The van der Waals surface area contributed by atoms with Crippen LogP contribution in [0.5, 0.6) is 0 Å². The quantitative estimate of drug-likeness (QED) is 0.741. The second-order valence-electron chi connectivity index (χ2n) is 5.24. The molecule has 2 aromatic carbocycles. The maximum Gasteiger partial charge on any atom is 0.349 e. The third-order valence-electron chi connectivity index (χ3n) is 3.58. The van der Waals surface area contributed by atoms with Gasteiger partial charge in [-0.05, 0) is 36.8 Å². The van der Waals surface area contributed by atoms with Gasteiger partial charge in [0.05, 0.1) is 6.04 Å². The molecule has 0 spiro atoms. The van der Waals surface area contributed by atoms with Crippen LogP contribution in [0, 0.1) is 0 Å². The Morgan fingerprint density at radius 2 is 1.91 bits per heavy atom. The van der Waals surface area contributed by atoms with Crippen molar-refractivity contribution in [1.29, 1.82) is 0 Å². The van der Waals surface area contributed by atoms with Gasteiger partial charge in [0.2, 0.25) is 0 Å². The first-order valence-corrected chi connectivity index (χ1v) is 7.51. The SMILES string of the molecule is C[C@@H](NC(=O)c1cc2ccccc2oc1=O)c1cccc(Cl)c1. The van der Waals surface area contributed by atoms with Crippen LogP contribution in [-0.4, -0.2) is 5.91 Å². The minimum absolute atomic E-state index is 0.0161. The molecule has 1 atom stereocenters. The molecule has 1 N–H and O–H groups in total. The Balaban J connectivity index is 1.88. The summed E-state index contributed by atoms with van der Waals surface area (Å²) in [7, 11) is 0. The number of halogens is 1. The Hall–Kier alpha value is -2.59. The lowest BCUT2D eigenvalue weighted by molar-refractivity contribution is 0.0936. The van der Waals surface area contributed by atoms with E-state index in [1.165, 1.54) is 0 Å². The molecule has 4 nitrogen and oxygen atoms in total. The molecule has 3 aromatic rings. The largest absolute Gasteiger partial charge is 0.422 e. The molecule has 23 heavy (non-hydrogen) atoms. The Labute approximate surface area is 137 Å². The summed E-state index contributed by atoms with van der Waals surface area (Å²) in [5.74, 6) is -0.475. The molecule has 0 aliphatic rings. The third-order valence-corrected chi connectivity index (χ3v) is 3.82. The maximum atomic E-state index is 12.4. The van der Waals surface area contributed by atoms with E-state index in [-0.39, 0.29) is 11.6 Å². The molecule has 0 fully saturated rings. The van der Waals surface area contributed by atoms with Crippen LogP contribution in [0.1, 0.15) is 28.9 Å². The molecule has 0 bridgehead atoms. The molecule has 0 radical (unpaired) electrons. The van der Waals surface area contributed by atoms with Crippen molar-refractivity contribution in [3.63, 3.8) is 0 Å². The highest BCUT2D eigenvalue weighted by atomic mass is 35.5. The predicted molar refractivity (Wildman–Crippen MR) is 89.8 cm³/mol. The van der Waals surface area contributed by atoms with Crippen molar-refractivity contribution in [2.45, 2.75) is 13.0 Å². The lowest BCUT2D eigenvalue weighted by atomic mass is 10.1. The van der Waals surface area contributed by atoms with Crippen LogP contribution in [-0.2, 0) is 0 Å². The van der Waals surface area contributed by atoms with Gasteiger partial charge in [-0.15, -0.1) is 0 Å². The molecule has 1 aromatic heterocycles. The van der Waals surface area contributed by atoms with Crippen molar-refractivity contribution in [2.24, 2.45) is 0 Å². The minimum Gasteiger partial charge on any atom is -0.422 e. The smallest absolute Gasteiger partial charge is 0.349 e. The zero-order chi connectivity index (χ0) is 16.4. The fourth-order valence-corrected chi connectivity index (χ4v) is 2.55. The fourth-order valence-electron chi connectivity index (χ4n) is 2.35. The average Bonchev–Trinajstić information content (AvgIpc) is 2.54. The Morgan fingerprint density at radius 1 is 1.13 bits per heavy atom. The number of carbonyl (C=O) groups is 1. The first-order chi connectivity index (χ1) is 11.0. The highest BCUT2D eigenvalue weighted by Crippen LogP contribution is 2.18. The van der Waals surface area contributed by atoms with Crippen molar-refractivity contribution in [2.75, 3.05) is 0 Å². The molecule has 5 heteroatoms. The third kappa shape index (κ3) is 3.27. The Bertz CT molecular complexity index is 933. The van der Waals surface area contributed by atoms with Crippen molar-refractivity contribution in [1.82, 2.24) is 5.32 Å². The second kappa shape index (κ2) is 6.26. The number of carbonyl (C=O) groups excluding carboxylic acids is 1. The van der Waals surface area contributed by atoms with Crippen LogP contribution in [0.15, 0.2) is 63.8 Å². The number of amides is 1. The van der Waals surface area contributed by atoms with E-state index < -0.39 is 11.5 Å². The van der Waals surface area contributed by atoms with Gasteiger partial charge >= 0.3 is 5.63 Å². The zero-order valence-corrected chi connectivity index (χ0v) is 13.1. The van der Waals surface area contributed by atoms with Gasteiger partial charge in [0.1, 0.15) is 11.1 Å². The summed E-state index contributed by atoms with van der Waals surface area (Å²) in [4.78, 5) is 24.4. The molecule has 3 rings (SSSR count). The first kappa shape index (κ1) is 15.3. The monoisotopic (exact) mass is 327 g/mol. The second-order valence-corrected chi connectivity index (χ2v) is 5.67.